The van der Waals surface area contributed by atoms with E-state index in [1.165, 1.54) is 31.2 Å². The Morgan fingerprint density at radius 1 is 1.08 bits per heavy atom. The molecule has 0 atom stereocenters. The maximum atomic E-state index is 12.0. The SMILES string of the molecule is Cc1ccc(/C=C/C(=O)NCc2ccc(N3CCCCCC3)nc2)cc1. The van der Waals surface area contributed by atoms with E-state index in [0.717, 1.165) is 30.0 Å². The third-order valence-electron chi connectivity index (χ3n) is 4.71. The fourth-order valence-corrected chi connectivity index (χ4v) is 3.11. The lowest BCUT2D eigenvalue weighted by molar-refractivity contribution is -0.116. The minimum absolute atomic E-state index is 0.0952. The topological polar surface area (TPSA) is 45.2 Å². The van der Waals surface area contributed by atoms with Crippen molar-refractivity contribution in [2.24, 2.45) is 0 Å². The Labute approximate surface area is 155 Å². The van der Waals surface area contributed by atoms with E-state index < -0.39 is 0 Å². The first-order valence-electron chi connectivity index (χ1n) is 9.43. The van der Waals surface area contributed by atoms with Gasteiger partial charge in [-0.25, -0.2) is 4.98 Å². The number of anilines is 1. The number of aryl methyl sites for hydroxylation is 1. The molecule has 1 aromatic heterocycles. The van der Waals surface area contributed by atoms with E-state index in [2.05, 4.69) is 27.3 Å². The number of amides is 1. The van der Waals surface area contributed by atoms with Crippen molar-refractivity contribution in [2.45, 2.75) is 39.2 Å². The van der Waals surface area contributed by atoms with Gasteiger partial charge in [-0.2, -0.15) is 0 Å². The summed E-state index contributed by atoms with van der Waals surface area (Å²) >= 11 is 0. The number of hydrogen-bond donors (Lipinski definition) is 1. The largest absolute Gasteiger partial charge is 0.357 e. The van der Waals surface area contributed by atoms with E-state index in [1.807, 2.05) is 43.5 Å². The predicted molar refractivity (Wildman–Crippen MR) is 107 cm³/mol. The van der Waals surface area contributed by atoms with E-state index in [-0.39, 0.29) is 5.91 Å². The highest BCUT2D eigenvalue weighted by Gasteiger charge is 2.10. The Morgan fingerprint density at radius 3 is 2.46 bits per heavy atom. The van der Waals surface area contributed by atoms with Gasteiger partial charge >= 0.3 is 0 Å². The van der Waals surface area contributed by atoms with Crippen LogP contribution < -0.4 is 10.2 Å². The van der Waals surface area contributed by atoms with Gasteiger partial charge in [0.15, 0.2) is 0 Å². The zero-order chi connectivity index (χ0) is 18.2. The first kappa shape index (κ1) is 18.2. The van der Waals surface area contributed by atoms with Gasteiger partial charge in [0.2, 0.25) is 5.91 Å². The van der Waals surface area contributed by atoms with Gasteiger partial charge < -0.3 is 10.2 Å². The molecule has 26 heavy (non-hydrogen) atoms. The van der Waals surface area contributed by atoms with Crippen molar-refractivity contribution in [3.63, 3.8) is 0 Å². The smallest absolute Gasteiger partial charge is 0.244 e. The molecule has 0 bridgehead atoms. The lowest BCUT2D eigenvalue weighted by atomic mass is 10.1. The fourth-order valence-electron chi connectivity index (χ4n) is 3.11. The molecule has 2 aromatic rings. The highest BCUT2D eigenvalue weighted by Crippen LogP contribution is 2.17. The van der Waals surface area contributed by atoms with E-state index in [9.17, 15) is 4.79 Å². The zero-order valence-electron chi connectivity index (χ0n) is 15.4. The summed E-state index contributed by atoms with van der Waals surface area (Å²) < 4.78 is 0. The molecule has 1 fully saturated rings. The maximum absolute atomic E-state index is 12.0. The molecule has 1 saturated heterocycles. The molecule has 0 spiro atoms. The molecule has 0 radical (unpaired) electrons. The van der Waals surface area contributed by atoms with Crippen molar-refractivity contribution in [1.82, 2.24) is 10.3 Å². The van der Waals surface area contributed by atoms with E-state index in [0.29, 0.717) is 6.54 Å². The molecule has 4 heteroatoms. The van der Waals surface area contributed by atoms with Crippen LogP contribution in [0.4, 0.5) is 5.82 Å². The summed E-state index contributed by atoms with van der Waals surface area (Å²) in [5.74, 6) is 0.948. The number of rotatable bonds is 5. The summed E-state index contributed by atoms with van der Waals surface area (Å²) in [5, 5.41) is 2.91. The van der Waals surface area contributed by atoms with Gasteiger partial charge in [0.1, 0.15) is 5.82 Å². The van der Waals surface area contributed by atoms with Gasteiger partial charge in [0, 0.05) is 31.9 Å². The highest BCUT2D eigenvalue weighted by molar-refractivity contribution is 5.91. The molecule has 4 nitrogen and oxygen atoms in total. The van der Waals surface area contributed by atoms with Crippen molar-refractivity contribution < 1.29 is 4.79 Å². The molecule has 0 unspecified atom stereocenters. The average molecular weight is 349 g/mol. The van der Waals surface area contributed by atoms with Crippen molar-refractivity contribution in [1.29, 1.82) is 0 Å². The van der Waals surface area contributed by atoms with Crippen molar-refractivity contribution >= 4 is 17.8 Å². The number of aromatic nitrogens is 1. The molecule has 1 aliphatic rings. The third-order valence-corrected chi connectivity index (χ3v) is 4.71. The molecule has 2 heterocycles. The molecular formula is C22H27N3O. The molecule has 136 valence electrons. The van der Waals surface area contributed by atoms with Gasteiger partial charge in [0.25, 0.3) is 0 Å². The van der Waals surface area contributed by atoms with Gasteiger partial charge in [-0.15, -0.1) is 0 Å². The summed E-state index contributed by atoms with van der Waals surface area (Å²) in [6.45, 7) is 4.72. The highest BCUT2D eigenvalue weighted by atomic mass is 16.1. The maximum Gasteiger partial charge on any atom is 0.244 e. The number of carbonyl (C=O) groups is 1. The standard InChI is InChI=1S/C22H27N3O/c1-18-6-8-19(9-7-18)11-13-22(26)24-17-20-10-12-21(23-16-20)25-14-4-2-3-5-15-25/h6-13,16H,2-5,14-15,17H2,1H3,(H,24,26)/b13-11+. The van der Waals surface area contributed by atoms with Crippen LogP contribution in [0.1, 0.15) is 42.4 Å². The van der Waals surface area contributed by atoms with E-state index in [4.69, 9.17) is 0 Å². The van der Waals surface area contributed by atoms with E-state index in [1.54, 1.807) is 6.08 Å². The van der Waals surface area contributed by atoms with Crippen LogP contribution in [0.3, 0.4) is 0 Å². The first-order valence-corrected chi connectivity index (χ1v) is 9.43. The van der Waals surface area contributed by atoms with Gasteiger partial charge in [-0.05, 0) is 43.0 Å². The number of carbonyl (C=O) groups excluding carboxylic acids is 1. The minimum atomic E-state index is -0.0952. The summed E-state index contributed by atoms with van der Waals surface area (Å²) in [6.07, 6.45) is 10.4. The number of nitrogens with one attached hydrogen (secondary N) is 1. The van der Waals surface area contributed by atoms with Crippen LogP contribution in [0.15, 0.2) is 48.7 Å². The zero-order valence-corrected chi connectivity index (χ0v) is 15.4. The van der Waals surface area contributed by atoms with Crippen LogP contribution >= 0.6 is 0 Å². The lowest BCUT2D eigenvalue weighted by Crippen LogP contribution is -2.25. The summed E-state index contributed by atoms with van der Waals surface area (Å²) in [6, 6.07) is 12.2. The van der Waals surface area contributed by atoms with Crippen LogP contribution in [-0.4, -0.2) is 24.0 Å². The molecule has 3 rings (SSSR count). The Morgan fingerprint density at radius 2 is 1.81 bits per heavy atom. The van der Waals surface area contributed by atoms with Crippen LogP contribution in [0.25, 0.3) is 6.08 Å². The van der Waals surface area contributed by atoms with Crippen LogP contribution in [0.5, 0.6) is 0 Å². The number of benzene rings is 1. The molecule has 1 aliphatic heterocycles. The molecule has 1 N–H and O–H groups in total. The molecule has 1 aromatic carbocycles. The lowest BCUT2D eigenvalue weighted by Gasteiger charge is -2.21. The Hall–Kier alpha value is -2.62. The van der Waals surface area contributed by atoms with Crippen molar-refractivity contribution in [3.05, 3.63) is 65.4 Å². The monoisotopic (exact) mass is 349 g/mol. The minimum Gasteiger partial charge on any atom is -0.357 e. The van der Waals surface area contributed by atoms with Crippen LogP contribution in [-0.2, 0) is 11.3 Å². The Bertz CT molecular complexity index is 727. The number of nitrogens with zero attached hydrogens (tertiary/aromatic N) is 2. The molecule has 0 saturated carbocycles. The summed E-state index contributed by atoms with van der Waals surface area (Å²) in [7, 11) is 0. The third kappa shape index (κ3) is 5.45. The van der Waals surface area contributed by atoms with Crippen LogP contribution in [0, 0.1) is 6.92 Å². The Balaban J connectivity index is 1.49. The summed E-state index contributed by atoms with van der Waals surface area (Å²) in [4.78, 5) is 18.9. The fraction of sp³-hybridized carbons (Fsp3) is 0.364. The van der Waals surface area contributed by atoms with Gasteiger partial charge in [-0.3, -0.25) is 4.79 Å². The molecule has 0 aliphatic carbocycles. The number of pyridine rings is 1. The van der Waals surface area contributed by atoms with E-state index >= 15 is 0 Å². The average Bonchev–Trinajstić information content (AvgIpc) is 2.96. The normalized spacial score (nSPS) is 15.0. The molecular weight excluding hydrogens is 322 g/mol. The molecule has 1 amide bonds. The van der Waals surface area contributed by atoms with Crippen LogP contribution in [0.2, 0.25) is 0 Å². The number of hydrogen-bond acceptors (Lipinski definition) is 3. The van der Waals surface area contributed by atoms with Gasteiger partial charge in [-0.1, -0.05) is 48.7 Å². The second-order valence-electron chi connectivity index (χ2n) is 6.89. The Kier molecular flexibility index (Phi) is 6.42. The second-order valence-corrected chi connectivity index (χ2v) is 6.89. The predicted octanol–water partition coefficient (Wildman–Crippen LogP) is 4.10. The van der Waals surface area contributed by atoms with Crippen molar-refractivity contribution in [3.8, 4) is 0 Å². The second kappa shape index (κ2) is 9.18. The first-order chi connectivity index (χ1) is 12.7. The summed E-state index contributed by atoms with van der Waals surface area (Å²) in [5.41, 5.74) is 3.25. The van der Waals surface area contributed by atoms with Gasteiger partial charge in [0.05, 0.1) is 0 Å². The van der Waals surface area contributed by atoms with Crippen molar-refractivity contribution in [2.75, 3.05) is 18.0 Å². The quantitative estimate of drug-likeness (QED) is 0.827.